The van der Waals surface area contributed by atoms with Gasteiger partial charge < -0.3 is 89.4 Å². The first-order chi connectivity index (χ1) is 31.3. The number of aldehydes is 1. The van der Waals surface area contributed by atoms with Crippen LogP contribution in [0.2, 0.25) is 0 Å². The van der Waals surface area contributed by atoms with E-state index in [0.29, 0.717) is 44.9 Å². The van der Waals surface area contributed by atoms with Crippen molar-refractivity contribution in [3.63, 3.8) is 0 Å². The fourth-order valence-electron chi connectivity index (χ4n) is 14.8. The van der Waals surface area contributed by atoms with Crippen LogP contribution in [-0.4, -0.2) is 186 Å². The van der Waals surface area contributed by atoms with Crippen molar-refractivity contribution >= 4 is 18.2 Å². The summed E-state index contributed by atoms with van der Waals surface area (Å²) in [6.45, 7) is 11.3. The second kappa shape index (κ2) is 17.8. The second-order valence-corrected chi connectivity index (χ2v) is 22.8. The minimum atomic E-state index is -2.14. The largest absolute Gasteiger partial charge is 0.481 e. The third-order valence-electron chi connectivity index (χ3n) is 18.9. The monoisotopic (exact) mass is 956 g/mol. The van der Waals surface area contributed by atoms with Gasteiger partial charge in [-0.1, -0.05) is 53.2 Å². The highest BCUT2D eigenvalue weighted by molar-refractivity contribution is 5.78. The number of hydrogen-bond acceptors (Lipinski definition) is 18. The molecule has 0 aromatic rings. The van der Waals surface area contributed by atoms with Gasteiger partial charge in [0.05, 0.1) is 30.8 Å². The van der Waals surface area contributed by atoms with Crippen molar-refractivity contribution in [2.45, 2.75) is 198 Å². The summed E-state index contributed by atoms with van der Waals surface area (Å²) < 4.78 is 35.9. The fourth-order valence-corrected chi connectivity index (χ4v) is 14.8. The summed E-state index contributed by atoms with van der Waals surface area (Å²) in [6.07, 6.45) is -20.5. The minimum absolute atomic E-state index is 0.0258. The number of carbonyl (C=O) groups is 3. The zero-order valence-corrected chi connectivity index (χ0v) is 39.0. The summed E-state index contributed by atoms with van der Waals surface area (Å²) in [6, 6.07) is 0. The third kappa shape index (κ3) is 7.78. The number of hydrogen-bond donors (Lipinski definition) is 11. The first-order valence-corrected chi connectivity index (χ1v) is 23.8. The maximum Gasteiger partial charge on any atom is 0.335 e. The summed E-state index contributed by atoms with van der Waals surface area (Å²) in [7, 11) is 0. The van der Waals surface area contributed by atoms with Crippen LogP contribution in [0.5, 0.6) is 0 Å². The highest BCUT2D eigenvalue weighted by atomic mass is 16.8. The summed E-state index contributed by atoms with van der Waals surface area (Å²) in [4.78, 5) is 39.8. The molecule has 7 fully saturated rings. The lowest BCUT2D eigenvalue weighted by Crippen LogP contribution is -2.69. The van der Waals surface area contributed by atoms with Gasteiger partial charge in [-0.25, -0.2) is 4.79 Å². The summed E-state index contributed by atoms with van der Waals surface area (Å²) >= 11 is 0. The van der Waals surface area contributed by atoms with E-state index in [-0.39, 0.29) is 36.0 Å². The smallest absolute Gasteiger partial charge is 0.335 e. The number of aliphatic carboxylic acids is 2. The number of aliphatic hydroxyl groups excluding tert-OH is 9. The average Bonchev–Trinajstić information content (AvgIpc) is 3.26. The van der Waals surface area contributed by atoms with Gasteiger partial charge in [-0.15, -0.1) is 0 Å². The van der Waals surface area contributed by atoms with Crippen LogP contribution in [0.1, 0.15) is 99.3 Å². The number of carboxylic acids is 2. The van der Waals surface area contributed by atoms with Crippen molar-refractivity contribution in [1.29, 1.82) is 0 Å². The Morgan fingerprint density at radius 1 is 0.731 bits per heavy atom. The summed E-state index contributed by atoms with van der Waals surface area (Å²) in [5.41, 5.74) is -3.10. The minimum Gasteiger partial charge on any atom is -0.481 e. The van der Waals surface area contributed by atoms with Crippen molar-refractivity contribution in [3.05, 3.63) is 11.6 Å². The van der Waals surface area contributed by atoms with Gasteiger partial charge in [-0.05, 0) is 97.2 Å². The van der Waals surface area contributed by atoms with E-state index in [9.17, 15) is 70.6 Å². The molecule has 8 rings (SSSR count). The van der Waals surface area contributed by atoms with Crippen molar-refractivity contribution in [1.82, 2.24) is 0 Å². The van der Waals surface area contributed by atoms with E-state index in [1.165, 1.54) is 0 Å². The van der Waals surface area contributed by atoms with Gasteiger partial charge in [0, 0.05) is 0 Å². The predicted octanol–water partition coefficient (Wildman–Crippen LogP) is -0.413. The van der Waals surface area contributed by atoms with Crippen molar-refractivity contribution in [3.8, 4) is 0 Å². The van der Waals surface area contributed by atoms with E-state index < -0.39 is 150 Å². The zero-order chi connectivity index (χ0) is 49.1. The van der Waals surface area contributed by atoms with E-state index in [2.05, 4.69) is 40.7 Å². The van der Waals surface area contributed by atoms with Crippen LogP contribution in [-0.2, 0) is 42.8 Å². The molecule has 11 N–H and O–H groups in total. The summed E-state index contributed by atoms with van der Waals surface area (Å²) in [5, 5.41) is 118. The number of allylic oxidation sites excluding steroid dienone is 2. The molecular formula is C47H72O20. The molecule has 0 aromatic heterocycles. The van der Waals surface area contributed by atoms with Crippen LogP contribution < -0.4 is 0 Å². The molecule has 0 aromatic carbocycles. The molecule has 380 valence electrons. The number of aliphatic hydroxyl groups is 9. The van der Waals surface area contributed by atoms with Gasteiger partial charge in [0.1, 0.15) is 72.7 Å². The van der Waals surface area contributed by atoms with Crippen molar-refractivity contribution in [2.75, 3.05) is 13.2 Å². The average molecular weight is 957 g/mol. The Labute approximate surface area is 389 Å². The highest BCUT2D eigenvalue weighted by Gasteiger charge is 2.72. The number of rotatable bonds is 10. The Hall–Kier alpha value is -2.25. The molecule has 67 heavy (non-hydrogen) atoms. The maximum atomic E-state index is 13.8. The van der Waals surface area contributed by atoms with E-state index in [1.54, 1.807) is 6.92 Å². The van der Waals surface area contributed by atoms with Gasteiger partial charge in [0.2, 0.25) is 0 Å². The number of carbonyl (C=O) groups excluding carboxylic acids is 1. The van der Waals surface area contributed by atoms with E-state index in [1.807, 2.05) is 0 Å². The standard InChI is InChI=1S/C47H72O20/c1-42(2)13-14-47(41(60)61)21(15-42)20-7-8-25-43(3)11-10-27(44(4,19-49)24(43)9-12-45(25,5)46(20,6)16-26(47)51)64-40-36(67-39-32(56)30(54)29(53)23(17-48)63-39)34(33(57)35(66-40)37(58)59)65-38-31(55)28(52)22(50)18-62-38/h7,19,21-36,38-40,48,50-57H,8-18H2,1-6H3,(H,58,59)(H,60,61)/t21-,22+,23+,24?,25?,26+,27-,28-,29-,30-,31-,32-,33-,34-,35-,36-,38?,39?,40?,43-,44-,45+,46+,47+/m0/s1. The second-order valence-electron chi connectivity index (χ2n) is 22.8. The number of ether oxygens (including phenoxy) is 6. The van der Waals surface area contributed by atoms with Crippen LogP contribution in [0, 0.1) is 50.2 Å². The van der Waals surface area contributed by atoms with Crippen molar-refractivity contribution in [2.24, 2.45) is 50.2 Å². The quantitative estimate of drug-likeness (QED) is 0.0753. The SMILES string of the molecule is CC1(C)CC[C@]2(C(=O)O)[C@H](O)C[C@]3(C)C(=CCC4[C@@]5(C)CC[C@H](OC6O[C@H](C(=O)O)[C@@H](O)[C@H](OC7OC[C@@H](O)[C@H](O)[C@@H]7O)[C@@H]6OC6O[C@H](CO)[C@H](O)[C@H](O)[C@@H]6O)[C@@](C)(C=O)C5CC[C@]43C)[C@@H]2C1. The van der Waals surface area contributed by atoms with Gasteiger partial charge in [-0.3, -0.25) is 4.79 Å². The normalized spacial score (nSPS) is 54.0. The molecule has 24 atom stereocenters. The molecule has 0 amide bonds. The first-order valence-electron chi connectivity index (χ1n) is 23.8. The molecule has 0 spiro atoms. The molecule has 20 heteroatoms. The Morgan fingerprint density at radius 3 is 2.04 bits per heavy atom. The zero-order valence-electron chi connectivity index (χ0n) is 39.0. The topological polar surface area (TPSA) is 329 Å². The Morgan fingerprint density at radius 2 is 1.40 bits per heavy atom. The Balaban J connectivity index is 1.13. The van der Waals surface area contributed by atoms with Gasteiger partial charge in [0.15, 0.2) is 25.0 Å². The molecule has 3 heterocycles. The summed E-state index contributed by atoms with van der Waals surface area (Å²) in [5.74, 6) is -3.36. The van der Waals surface area contributed by atoms with Crippen molar-refractivity contribution < 1.29 is 99.0 Å². The molecular weight excluding hydrogens is 884 g/mol. The van der Waals surface area contributed by atoms with E-state index in [4.69, 9.17) is 28.4 Å². The molecule has 5 unspecified atom stereocenters. The maximum absolute atomic E-state index is 13.8. The molecule has 0 radical (unpaired) electrons. The Kier molecular flexibility index (Phi) is 13.6. The van der Waals surface area contributed by atoms with E-state index in [0.717, 1.165) is 11.9 Å². The van der Waals surface area contributed by atoms with Crippen LogP contribution in [0.15, 0.2) is 11.6 Å². The lowest BCUT2D eigenvalue weighted by molar-refractivity contribution is -0.391. The lowest BCUT2D eigenvalue weighted by Gasteiger charge is -2.71. The predicted molar refractivity (Wildman–Crippen MR) is 227 cm³/mol. The van der Waals surface area contributed by atoms with Crippen LogP contribution >= 0.6 is 0 Å². The molecule has 8 aliphatic rings. The van der Waals surface area contributed by atoms with Crippen LogP contribution in [0.3, 0.4) is 0 Å². The molecule has 5 aliphatic carbocycles. The fraction of sp³-hybridized carbons (Fsp3) is 0.894. The number of fused-ring (bicyclic) bond motifs is 7. The molecule has 4 saturated carbocycles. The first kappa shape index (κ1) is 51.1. The highest BCUT2D eigenvalue weighted by Crippen LogP contribution is 2.76. The van der Waals surface area contributed by atoms with E-state index >= 15 is 0 Å². The molecule has 3 saturated heterocycles. The van der Waals surface area contributed by atoms with Gasteiger partial charge in [-0.2, -0.15) is 0 Å². The molecule has 3 aliphatic heterocycles. The number of carboxylic acid groups (broad SMARTS) is 2. The molecule has 0 bridgehead atoms. The Bertz CT molecular complexity index is 1910. The lowest BCUT2D eigenvalue weighted by atomic mass is 9.33. The third-order valence-corrected chi connectivity index (χ3v) is 18.9. The molecule has 20 nitrogen and oxygen atoms in total. The van der Waals surface area contributed by atoms with Gasteiger partial charge >= 0.3 is 11.9 Å². The van der Waals surface area contributed by atoms with Crippen LogP contribution in [0.4, 0.5) is 0 Å². The van der Waals surface area contributed by atoms with Crippen LogP contribution in [0.25, 0.3) is 0 Å². The van der Waals surface area contributed by atoms with Gasteiger partial charge in [0.25, 0.3) is 0 Å².